The second-order valence-electron chi connectivity index (χ2n) is 8.89. The van der Waals surface area contributed by atoms with Crippen LogP contribution < -0.4 is 0 Å². The van der Waals surface area contributed by atoms with Crippen LogP contribution >= 0.6 is 139 Å². The average molecular weight is 674 g/mol. The van der Waals surface area contributed by atoms with Crippen LogP contribution in [0.2, 0.25) is 0 Å². The topological polar surface area (TPSA) is 0 Å². The summed E-state index contributed by atoms with van der Waals surface area (Å²) in [4.78, 5) is -6.33. The van der Waals surface area contributed by atoms with Gasteiger partial charge in [-0.05, 0) is 11.1 Å². The van der Waals surface area contributed by atoms with Crippen molar-refractivity contribution in [1.82, 2.24) is 0 Å². The van der Waals surface area contributed by atoms with E-state index in [4.69, 9.17) is 139 Å². The van der Waals surface area contributed by atoms with Crippen molar-refractivity contribution in [3.63, 3.8) is 0 Å². The number of alkyl halides is 8. The molecule has 32 heavy (non-hydrogen) atoms. The smallest absolute Gasteiger partial charge is 0.109 e. The Bertz CT molecular complexity index is 1100. The van der Waals surface area contributed by atoms with Gasteiger partial charge in [0.2, 0.25) is 0 Å². The number of allylic oxidation sites excluding steroid dienone is 4. The van der Waals surface area contributed by atoms with Gasteiger partial charge in [0.15, 0.2) is 8.67 Å². The fraction of sp³-hybridized carbons (Fsp3) is 0.500. The Morgan fingerprint density at radius 3 is 1.06 bits per heavy atom. The van der Waals surface area contributed by atoms with Gasteiger partial charge in [0.05, 0.1) is 20.1 Å². The molecule has 5 aliphatic rings. The molecule has 172 valence electrons. The Hall–Kier alpha value is 2.18. The quantitative estimate of drug-likeness (QED) is 0.241. The maximum atomic E-state index is 7.25. The summed E-state index contributed by atoms with van der Waals surface area (Å²) in [6.07, 6.45) is 0. The van der Waals surface area contributed by atoms with Crippen LogP contribution in [0.15, 0.2) is 44.4 Å². The number of hydrogen-bond donors (Lipinski definition) is 0. The van der Waals surface area contributed by atoms with Crippen LogP contribution in [0.25, 0.3) is 0 Å². The zero-order valence-corrected chi connectivity index (χ0v) is 24.2. The van der Waals surface area contributed by atoms with Crippen LogP contribution in [-0.2, 0) is 0 Å². The summed E-state index contributed by atoms with van der Waals surface area (Å²) in [6.45, 7) is 0. The first kappa shape index (κ1) is 24.5. The Balaban J connectivity index is 1.78. The highest BCUT2D eigenvalue weighted by Crippen LogP contribution is 2.88. The number of halogens is 12. The fourth-order valence-corrected chi connectivity index (χ4v) is 12.9. The average Bonchev–Trinajstić information content (AvgIpc) is 3.08. The van der Waals surface area contributed by atoms with Crippen molar-refractivity contribution in [3.8, 4) is 0 Å². The molecule has 5 aliphatic carbocycles. The van der Waals surface area contributed by atoms with Crippen LogP contribution in [0.3, 0.4) is 0 Å². The molecular weight excluding hydrogens is 666 g/mol. The normalized spacial score (nSPS) is 51.2. The van der Waals surface area contributed by atoms with Crippen molar-refractivity contribution in [3.05, 3.63) is 55.5 Å². The SMILES string of the molecule is ClC1=C(Cl)[C@]2(Cl)C3c4ccccc4C4C(C3[C@@]1(Cl)C2(Cl)Cl)[C@]1(Cl)C(Cl)=C(Cl)[C@@]4(Cl)C1(Cl)Cl. The van der Waals surface area contributed by atoms with Crippen molar-refractivity contribution in [2.75, 3.05) is 0 Å². The minimum absolute atomic E-state index is 0.0489. The van der Waals surface area contributed by atoms with E-state index in [1.54, 1.807) is 0 Å². The maximum absolute atomic E-state index is 7.25. The van der Waals surface area contributed by atoms with Crippen molar-refractivity contribution < 1.29 is 0 Å². The molecule has 1 aromatic carbocycles. The lowest BCUT2D eigenvalue weighted by Gasteiger charge is -2.52. The summed E-state index contributed by atoms with van der Waals surface area (Å²) >= 11 is 83.3. The number of hydrogen-bond acceptors (Lipinski definition) is 0. The van der Waals surface area contributed by atoms with E-state index >= 15 is 0 Å². The Kier molecular flexibility index (Phi) is 5.05. The van der Waals surface area contributed by atoms with Gasteiger partial charge in [0.25, 0.3) is 0 Å². The third kappa shape index (κ3) is 2.00. The summed E-state index contributed by atoms with van der Waals surface area (Å²) in [5, 5.41) is 0.274. The molecule has 0 heterocycles. The van der Waals surface area contributed by atoms with Gasteiger partial charge in [-0.1, -0.05) is 117 Å². The molecule has 0 amide bonds. The molecule has 0 saturated heterocycles. The van der Waals surface area contributed by atoms with E-state index in [1.807, 2.05) is 24.3 Å². The van der Waals surface area contributed by atoms with Crippen molar-refractivity contribution in [2.45, 2.75) is 40.0 Å². The molecule has 0 aliphatic heterocycles. The molecule has 6 rings (SSSR count). The van der Waals surface area contributed by atoms with E-state index in [9.17, 15) is 0 Å². The second-order valence-corrected chi connectivity index (χ2v) is 15.4. The van der Waals surface area contributed by atoms with Crippen LogP contribution in [0, 0.1) is 11.8 Å². The predicted octanol–water partition coefficient (Wildman–Crippen LogP) is 9.79. The maximum Gasteiger partial charge on any atom is 0.167 e. The molecule has 0 spiro atoms. The van der Waals surface area contributed by atoms with Crippen molar-refractivity contribution in [1.29, 1.82) is 0 Å². The van der Waals surface area contributed by atoms with Crippen LogP contribution in [0.4, 0.5) is 0 Å². The minimum Gasteiger partial charge on any atom is -0.109 e. The summed E-state index contributed by atoms with van der Waals surface area (Å²) in [6, 6.07) is 7.51. The molecule has 2 saturated carbocycles. The monoisotopic (exact) mass is 668 g/mol. The number of benzene rings is 1. The first-order chi connectivity index (χ1) is 14.6. The minimum atomic E-state index is -1.80. The van der Waals surface area contributed by atoms with E-state index in [0.717, 1.165) is 11.1 Å². The van der Waals surface area contributed by atoms with Gasteiger partial charge in [0, 0.05) is 23.7 Å². The first-order valence-electron chi connectivity index (χ1n) is 9.33. The number of rotatable bonds is 0. The van der Waals surface area contributed by atoms with Crippen LogP contribution in [0.5, 0.6) is 0 Å². The third-order valence-electron chi connectivity index (χ3n) is 8.04. The Labute approximate surface area is 244 Å². The first-order valence-corrected chi connectivity index (χ1v) is 13.9. The highest BCUT2D eigenvalue weighted by molar-refractivity contribution is 6.67. The Morgan fingerprint density at radius 2 is 0.750 bits per heavy atom. The van der Waals surface area contributed by atoms with E-state index < -0.39 is 51.8 Å². The van der Waals surface area contributed by atoms with Gasteiger partial charge in [-0.15, -0.1) is 46.4 Å². The van der Waals surface area contributed by atoms with Crippen molar-refractivity contribution in [2.24, 2.45) is 11.8 Å². The second kappa shape index (κ2) is 6.59. The molecule has 8 atom stereocenters. The Morgan fingerprint density at radius 1 is 0.469 bits per heavy atom. The highest BCUT2D eigenvalue weighted by atomic mass is 35.5. The largest absolute Gasteiger partial charge is 0.167 e. The lowest BCUT2D eigenvalue weighted by atomic mass is 9.57. The third-order valence-corrected chi connectivity index (χ3v) is 16.6. The van der Waals surface area contributed by atoms with E-state index in [-0.39, 0.29) is 20.1 Å². The molecule has 12 heteroatoms. The number of fused-ring (bicyclic) bond motifs is 14. The lowest BCUT2D eigenvalue weighted by Crippen LogP contribution is -2.53. The molecule has 0 N–H and O–H groups in total. The molecule has 4 unspecified atom stereocenters. The zero-order valence-electron chi connectivity index (χ0n) is 15.2. The van der Waals surface area contributed by atoms with Gasteiger partial charge in [-0.25, -0.2) is 0 Å². The summed E-state index contributed by atoms with van der Waals surface area (Å²) in [5.74, 6) is -2.54. The summed E-state index contributed by atoms with van der Waals surface area (Å²) in [5.41, 5.74) is 1.59. The molecule has 0 radical (unpaired) electrons. The summed E-state index contributed by atoms with van der Waals surface area (Å²) in [7, 11) is 0. The van der Waals surface area contributed by atoms with Crippen LogP contribution in [-0.4, -0.2) is 28.2 Å². The van der Waals surface area contributed by atoms with Gasteiger partial charge >= 0.3 is 0 Å². The standard InChI is InChI=1S/C20H8Cl12/c21-11-13(23)17(27)9-7(15(11,25)19(17,29)30)5-3-1-2-4-6(5)8-10(9)18(28)14(24)12(22)16(8,26)20(18,31)32/h1-4,7-10H/t7?,8?,9?,10?,15-,16-,17+,18+/m1/s1. The van der Waals surface area contributed by atoms with Gasteiger partial charge in [0.1, 0.15) is 19.5 Å². The van der Waals surface area contributed by atoms with Crippen molar-refractivity contribution >= 4 is 139 Å². The lowest BCUT2D eigenvalue weighted by molar-refractivity contribution is 0.201. The zero-order chi connectivity index (χ0) is 23.6. The fourth-order valence-electron chi connectivity index (χ4n) is 6.85. The molecule has 2 fully saturated rings. The van der Waals surface area contributed by atoms with Gasteiger partial charge in [-0.2, -0.15) is 0 Å². The molecule has 1 aromatic rings. The van der Waals surface area contributed by atoms with E-state index in [1.165, 1.54) is 0 Å². The van der Waals surface area contributed by atoms with Crippen LogP contribution in [0.1, 0.15) is 23.0 Å². The molecule has 0 nitrogen and oxygen atoms in total. The van der Waals surface area contributed by atoms with E-state index in [0.29, 0.717) is 0 Å². The summed E-state index contributed by atoms with van der Waals surface area (Å²) < 4.78 is -3.60. The molecular formula is C20H8Cl12. The van der Waals surface area contributed by atoms with E-state index in [2.05, 4.69) is 0 Å². The van der Waals surface area contributed by atoms with Gasteiger partial charge in [-0.3, -0.25) is 0 Å². The predicted molar refractivity (Wildman–Crippen MR) is 140 cm³/mol. The molecule has 4 bridgehead atoms. The van der Waals surface area contributed by atoms with Gasteiger partial charge < -0.3 is 0 Å². The molecule has 0 aromatic heterocycles. The highest BCUT2D eigenvalue weighted by Gasteiger charge is 2.91.